The van der Waals surface area contributed by atoms with Crippen molar-refractivity contribution < 1.29 is 24.2 Å². The lowest BCUT2D eigenvalue weighted by atomic mass is 10.0. The van der Waals surface area contributed by atoms with Gasteiger partial charge in [-0.05, 0) is 13.0 Å². The van der Waals surface area contributed by atoms with Crippen molar-refractivity contribution in [3.05, 3.63) is 29.8 Å². The number of thioether (sulfide) groups is 1. The maximum atomic E-state index is 13.0. The molecule has 1 saturated heterocycles. The number of carbonyl (C=O) groups is 3. The number of hydrogen-bond donors (Lipinski definition) is 2. The maximum Gasteiger partial charge on any atom is 0.305 e. The van der Waals surface area contributed by atoms with E-state index in [0.717, 1.165) is 11.3 Å². The van der Waals surface area contributed by atoms with E-state index in [2.05, 4.69) is 5.32 Å². The summed E-state index contributed by atoms with van der Waals surface area (Å²) in [5.74, 6) is 0.700. The van der Waals surface area contributed by atoms with Crippen molar-refractivity contribution in [2.75, 3.05) is 24.7 Å². The topological polar surface area (TPSA) is 95.9 Å². The van der Waals surface area contributed by atoms with Crippen LogP contribution in [0, 0.1) is 0 Å². The Morgan fingerprint density at radius 2 is 2.11 bits per heavy atom. The Balaban J connectivity index is 2.21. The van der Waals surface area contributed by atoms with Gasteiger partial charge in [0.15, 0.2) is 0 Å². The van der Waals surface area contributed by atoms with E-state index in [1.807, 2.05) is 31.2 Å². The smallest absolute Gasteiger partial charge is 0.305 e. The Morgan fingerprint density at radius 3 is 2.78 bits per heavy atom. The minimum atomic E-state index is -0.916. The third kappa shape index (κ3) is 6.16. The van der Waals surface area contributed by atoms with Crippen LogP contribution in [0.25, 0.3) is 0 Å². The van der Waals surface area contributed by atoms with E-state index >= 15 is 0 Å². The fourth-order valence-corrected chi connectivity index (χ4v) is 4.25. The molecule has 0 radical (unpaired) electrons. The summed E-state index contributed by atoms with van der Waals surface area (Å²) in [5.41, 5.74) is 0.740. The van der Waals surface area contributed by atoms with Crippen LogP contribution in [0.3, 0.4) is 0 Å². The van der Waals surface area contributed by atoms with Gasteiger partial charge in [-0.3, -0.25) is 14.4 Å². The quantitative estimate of drug-likeness (QED) is 0.701. The number of carboxylic acids is 1. The number of hydrogen-bond acceptors (Lipinski definition) is 5. The van der Waals surface area contributed by atoms with Crippen LogP contribution in [0.2, 0.25) is 0 Å². The predicted octanol–water partition coefficient (Wildman–Crippen LogP) is 2.07. The minimum Gasteiger partial charge on any atom is -0.494 e. The lowest BCUT2D eigenvalue weighted by molar-refractivity contribution is -0.140. The van der Waals surface area contributed by atoms with Crippen LogP contribution in [-0.4, -0.2) is 58.5 Å². The summed E-state index contributed by atoms with van der Waals surface area (Å²) >= 11 is 1.65. The Morgan fingerprint density at radius 1 is 1.37 bits per heavy atom. The van der Waals surface area contributed by atoms with Crippen LogP contribution in [0.1, 0.15) is 38.3 Å². The zero-order valence-electron chi connectivity index (χ0n) is 15.6. The van der Waals surface area contributed by atoms with Gasteiger partial charge < -0.3 is 20.1 Å². The number of nitrogens with one attached hydrogen (secondary N) is 1. The van der Waals surface area contributed by atoms with E-state index in [1.165, 1.54) is 6.92 Å². The van der Waals surface area contributed by atoms with Crippen molar-refractivity contribution in [2.45, 2.75) is 38.8 Å². The highest BCUT2D eigenvalue weighted by Crippen LogP contribution is 2.29. The van der Waals surface area contributed by atoms with E-state index in [9.17, 15) is 14.4 Å². The van der Waals surface area contributed by atoms with E-state index in [0.29, 0.717) is 24.7 Å². The average molecular weight is 394 g/mol. The molecular formula is C19H26N2O5S. The number of aliphatic carboxylic acids is 1. The molecule has 2 amide bonds. The average Bonchev–Trinajstić information content (AvgIpc) is 2.61. The standard InChI is InChI=1S/C19H26N2O5S/c1-3-26-17-7-5-4-6-15(17)16(20-13(2)22)11-18(23)21-8-9-27-12-14(21)10-19(24)25/h4-7,14,16H,3,8-12H2,1-2H3,(H,20,22)(H,24,25). The van der Waals surface area contributed by atoms with Crippen molar-refractivity contribution in [3.8, 4) is 5.75 Å². The van der Waals surface area contributed by atoms with Crippen molar-refractivity contribution in [1.82, 2.24) is 10.2 Å². The number of benzene rings is 1. The highest BCUT2D eigenvalue weighted by Gasteiger charge is 2.31. The monoisotopic (exact) mass is 394 g/mol. The normalized spacial score (nSPS) is 17.9. The van der Waals surface area contributed by atoms with Gasteiger partial charge in [-0.2, -0.15) is 11.8 Å². The molecule has 1 aromatic rings. The molecule has 0 saturated carbocycles. The minimum absolute atomic E-state index is 0.0600. The molecule has 27 heavy (non-hydrogen) atoms. The van der Waals surface area contributed by atoms with E-state index in [4.69, 9.17) is 9.84 Å². The van der Waals surface area contributed by atoms with Gasteiger partial charge in [0, 0.05) is 30.5 Å². The largest absolute Gasteiger partial charge is 0.494 e. The number of carbonyl (C=O) groups excluding carboxylic acids is 2. The number of rotatable bonds is 8. The van der Waals surface area contributed by atoms with Gasteiger partial charge >= 0.3 is 5.97 Å². The Labute approximate surface area is 163 Å². The predicted molar refractivity (Wildman–Crippen MR) is 104 cm³/mol. The van der Waals surface area contributed by atoms with Crippen LogP contribution in [0.5, 0.6) is 5.75 Å². The first-order chi connectivity index (χ1) is 12.9. The number of carboxylic acid groups (broad SMARTS) is 1. The molecule has 0 aromatic heterocycles. The van der Waals surface area contributed by atoms with Crippen molar-refractivity contribution in [2.24, 2.45) is 0 Å². The second kappa shape index (κ2) is 10.2. The number of ether oxygens (including phenoxy) is 1. The fourth-order valence-electron chi connectivity index (χ4n) is 3.19. The van der Waals surface area contributed by atoms with Crippen LogP contribution in [-0.2, 0) is 14.4 Å². The SMILES string of the molecule is CCOc1ccccc1C(CC(=O)N1CCSCC1CC(=O)O)NC(C)=O. The Bertz CT molecular complexity index is 682. The molecule has 8 heteroatoms. The molecule has 1 aromatic carbocycles. The highest BCUT2D eigenvalue weighted by molar-refractivity contribution is 7.99. The van der Waals surface area contributed by atoms with Crippen LogP contribution < -0.4 is 10.1 Å². The third-order valence-corrected chi connectivity index (χ3v) is 5.40. The summed E-state index contributed by atoms with van der Waals surface area (Å²) in [5, 5.41) is 12.0. The van der Waals surface area contributed by atoms with Gasteiger partial charge in [0.25, 0.3) is 0 Å². The van der Waals surface area contributed by atoms with E-state index in [-0.39, 0.29) is 30.7 Å². The molecular weight excluding hydrogens is 368 g/mol. The lowest BCUT2D eigenvalue weighted by Gasteiger charge is -2.35. The molecule has 7 nitrogen and oxygen atoms in total. The number of amides is 2. The molecule has 2 atom stereocenters. The second-order valence-electron chi connectivity index (χ2n) is 6.34. The summed E-state index contributed by atoms with van der Waals surface area (Å²) < 4.78 is 5.64. The summed E-state index contributed by atoms with van der Waals surface area (Å²) in [4.78, 5) is 37.4. The van der Waals surface area contributed by atoms with Crippen LogP contribution in [0.4, 0.5) is 0 Å². The van der Waals surface area contributed by atoms with Gasteiger partial charge in [0.2, 0.25) is 11.8 Å². The van der Waals surface area contributed by atoms with Gasteiger partial charge in [-0.15, -0.1) is 0 Å². The summed E-state index contributed by atoms with van der Waals surface area (Å²) in [6, 6.07) is 6.46. The lowest BCUT2D eigenvalue weighted by Crippen LogP contribution is -2.48. The highest BCUT2D eigenvalue weighted by atomic mass is 32.2. The molecule has 2 N–H and O–H groups in total. The third-order valence-electron chi connectivity index (χ3n) is 4.31. The van der Waals surface area contributed by atoms with Gasteiger partial charge in [-0.25, -0.2) is 0 Å². The Kier molecular flexibility index (Phi) is 7.97. The van der Waals surface area contributed by atoms with Gasteiger partial charge in [0.1, 0.15) is 5.75 Å². The molecule has 0 aliphatic carbocycles. The molecule has 2 unspecified atom stereocenters. The van der Waals surface area contributed by atoms with E-state index < -0.39 is 12.0 Å². The van der Waals surface area contributed by atoms with Crippen molar-refractivity contribution in [1.29, 1.82) is 0 Å². The van der Waals surface area contributed by atoms with Gasteiger partial charge in [-0.1, -0.05) is 18.2 Å². The first-order valence-electron chi connectivity index (χ1n) is 9.00. The second-order valence-corrected chi connectivity index (χ2v) is 7.49. The molecule has 148 valence electrons. The van der Waals surface area contributed by atoms with Gasteiger partial charge in [0.05, 0.1) is 31.5 Å². The van der Waals surface area contributed by atoms with Crippen LogP contribution >= 0.6 is 11.8 Å². The zero-order chi connectivity index (χ0) is 19.8. The summed E-state index contributed by atoms with van der Waals surface area (Å²) in [6.07, 6.45) is -0.0104. The first-order valence-corrected chi connectivity index (χ1v) is 10.2. The maximum absolute atomic E-state index is 13.0. The summed E-state index contributed by atoms with van der Waals surface area (Å²) in [7, 11) is 0. The molecule has 0 bridgehead atoms. The number of para-hydroxylation sites is 1. The molecule has 1 fully saturated rings. The Hall–Kier alpha value is -2.22. The zero-order valence-corrected chi connectivity index (χ0v) is 16.5. The van der Waals surface area contributed by atoms with E-state index in [1.54, 1.807) is 16.7 Å². The van der Waals surface area contributed by atoms with Crippen LogP contribution in [0.15, 0.2) is 24.3 Å². The molecule has 0 spiro atoms. The molecule has 2 rings (SSSR count). The molecule has 1 aliphatic heterocycles. The van der Waals surface area contributed by atoms with Crippen molar-refractivity contribution >= 4 is 29.5 Å². The first kappa shape index (κ1) is 21.1. The number of nitrogens with zero attached hydrogens (tertiary/aromatic N) is 1. The molecule has 1 heterocycles. The molecule has 1 aliphatic rings. The van der Waals surface area contributed by atoms with Crippen molar-refractivity contribution in [3.63, 3.8) is 0 Å². The summed E-state index contributed by atoms with van der Waals surface area (Å²) in [6.45, 7) is 4.27. The fraction of sp³-hybridized carbons (Fsp3) is 0.526.